The molecule has 8 nitrogen and oxygen atoms in total. The van der Waals surface area contributed by atoms with Crippen LogP contribution in [-0.4, -0.2) is 48.2 Å². The summed E-state index contributed by atoms with van der Waals surface area (Å²) < 4.78 is 3.98. The van der Waals surface area contributed by atoms with E-state index in [1.165, 1.54) is 0 Å². The molecule has 1 amide bonds. The molecule has 1 aliphatic heterocycles. The van der Waals surface area contributed by atoms with E-state index in [0.29, 0.717) is 25.0 Å². The van der Waals surface area contributed by atoms with Gasteiger partial charge in [0.2, 0.25) is 11.9 Å². The van der Waals surface area contributed by atoms with Gasteiger partial charge in [0.25, 0.3) is 0 Å². The molecule has 0 fully saturated rings. The van der Waals surface area contributed by atoms with Crippen molar-refractivity contribution in [2.75, 3.05) is 12.4 Å². The SMILES string of the molecule is Cc1nnc2n1CC(C(=O)Nc1nccn1CC(C)C)N(C)C2. The first-order valence-corrected chi connectivity index (χ1v) is 7.86. The third kappa shape index (κ3) is 3.12. The lowest BCUT2D eigenvalue weighted by Crippen LogP contribution is -2.48. The fourth-order valence-corrected chi connectivity index (χ4v) is 2.88. The van der Waals surface area contributed by atoms with Gasteiger partial charge in [-0.25, -0.2) is 4.98 Å². The minimum Gasteiger partial charge on any atom is -0.317 e. The Morgan fingerprint density at radius 2 is 2.22 bits per heavy atom. The molecule has 0 radical (unpaired) electrons. The van der Waals surface area contributed by atoms with Gasteiger partial charge in [-0.15, -0.1) is 10.2 Å². The molecule has 0 saturated heterocycles. The normalized spacial score (nSPS) is 18.2. The number of nitrogens with one attached hydrogen (secondary N) is 1. The maximum Gasteiger partial charge on any atom is 0.245 e. The average Bonchev–Trinajstić information content (AvgIpc) is 3.05. The zero-order valence-corrected chi connectivity index (χ0v) is 14.0. The molecule has 8 heteroatoms. The number of carbonyl (C=O) groups is 1. The number of hydrogen-bond donors (Lipinski definition) is 1. The summed E-state index contributed by atoms with van der Waals surface area (Å²) in [6.45, 7) is 8.17. The molecular formula is C15H23N7O. The van der Waals surface area contributed by atoms with Crippen molar-refractivity contribution in [3.05, 3.63) is 24.0 Å². The highest BCUT2D eigenvalue weighted by Crippen LogP contribution is 2.17. The van der Waals surface area contributed by atoms with Crippen molar-refractivity contribution in [1.29, 1.82) is 0 Å². The molecule has 1 aliphatic rings. The van der Waals surface area contributed by atoms with Crippen molar-refractivity contribution in [1.82, 2.24) is 29.2 Å². The molecule has 3 rings (SSSR count). The Bertz CT molecular complexity index is 702. The second-order valence-corrected chi connectivity index (χ2v) is 6.49. The molecule has 3 heterocycles. The molecule has 23 heavy (non-hydrogen) atoms. The van der Waals surface area contributed by atoms with E-state index in [1.54, 1.807) is 6.20 Å². The molecule has 0 spiro atoms. The van der Waals surface area contributed by atoms with E-state index in [0.717, 1.165) is 18.2 Å². The van der Waals surface area contributed by atoms with E-state index in [-0.39, 0.29) is 11.9 Å². The smallest absolute Gasteiger partial charge is 0.245 e. The summed E-state index contributed by atoms with van der Waals surface area (Å²) in [4.78, 5) is 19.0. The van der Waals surface area contributed by atoms with Crippen LogP contribution in [0.15, 0.2) is 12.4 Å². The summed E-state index contributed by atoms with van der Waals surface area (Å²) in [6, 6.07) is -0.263. The van der Waals surface area contributed by atoms with E-state index in [2.05, 4.69) is 34.3 Å². The quantitative estimate of drug-likeness (QED) is 0.906. The standard InChI is InChI=1S/C15H23N7O/c1-10(2)7-21-6-5-16-15(21)17-14(23)12-8-22-11(3)18-19-13(22)9-20(12)4/h5-6,10,12H,7-9H2,1-4H3,(H,16,17,23). The van der Waals surface area contributed by atoms with Crippen LogP contribution in [0.1, 0.15) is 25.5 Å². The van der Waals surface area contributed by atoms with Crippen LogP contribution in [0.3, 0.4) is 0 Å². The molecule has 2 aromatic rings. The number of likely N-dealkylation sites (N-methyl/N-ethyl adjacent to an activating group) is 1. The maximum absolute atomic E-state index is 12.7. The Kier molecular flexibility index (Phi) is 4.16. The summed E-state index contributed by atoms with van der Waals surface area (Å²) in [7, 11) is 1.93. The molecular weight excluding hydrogens is 294 g/mol. The Hall–Kier alpha value is -2.22. The van der Waals surface area contributed by atoms with Crippen molar-refractivity contribution in [2.45, 2.75) is 46.4 Å². The van der Waals surface area contributed by atoms with Crippen molar-refractivity contribution in [3.63, 3.8) is 0 Å². The molecule has 124 valence electrons. The van der Waals surface area contributed by atoms with Crippen LogP contribution in [0, 0.1) is 12.8 Å². The van der Waals surface area contributed by atoms with Crippen LogP contribution in [0.2, 0.25) is 0 Å². The predicted octanol–water partition coefficient (Wildman–Crippen LogP) is 0.892. The predicted molar refractivity (Wildman–Crippen MR) is 85.7 cm³/mol. The number of carbonyl (C=O) groups excluding carboxylic acids is 1. The summed E-state index contributed by atoms with van der Waals surface area (Å²) in [5, 5.41) is 11.2. The van der Waals surface area contributed by atoms with Gasteiger partial charge in [-0.3, -0.25) is 15.0 Å². The first-order valence-electron chi connectivity index (χ1n) is 7.86. The van der Waals surface area contributed by atoms with Crippen LogP contribution in [-0.2, 0) is 24.4 Å². The number of hydrogen-bond acceptors (Lipinski definition) is 5. The number of rotatable bonds is 4. The Balaban J connectivity index is 1.74. The van der Waals surface area contributed by atoms with Gasteiger partial charge in [-0.2, -0.15) is 0 Å². The van der Waals surface area contributed by atoms with Gasteiger partial charge in [0.05, 0.1) is 13.1 Å². The van der Waals surface area contributed by atoms with E-state index in [4.69, 9.17) is 0 Å². The summed E-state index contributed by atoms with van der Waals surface area (Å²) >= 11 is 0. The first-order chi connectivity index (χ1) is 11.0. The van der Waals surface area contributed by atoms with Crippen molar-refractivity contribution < 1.29 is 4.79 Å². The van der Waals surface area contributed by atoms with Gasteiger partial charge in [0.1, 0.15) is 17.7 Å². The van der Waals surface area contributed by atoms with Crippen LogP contribution in [0.25, 0.3) is 0 Å². The minimum atomic E-state index is -0.263. The zero-order chi connectivity index (χ0) is 16.6. The lowest BCUT2D eigenvalue weighted by atomic mass is 10.2. The summed E-state index contributed by atoms with van der Waals surface area (Å²) in [5.41, 5.74) is 0. The molecule has 1 unspecified atom stereocenters. The Labute approximate surface area is 135 Å². The lowest BCUT2D eigenvalue weighted by Gasteiger charge is -2.32. The van der Waals surface area contributed by atoms with Gasteiger partial charge in [-0.1, -0.05) is 13.8 Å². The fourth-order valence-electron chi connectivity index (χ4n) is 2.88. The Morgan fingerprint density at radius 3 is 2.96 bits per heavy atom. The number of aryl methyl sites for hydroxylation is 1. The highest BCUT2D eigenvalue weighted by molar-refractivity contribution is 5.93. The first kappa shape index (κ1) is 15.7. The molecule has 0 aromatic carbocycles. The average molecular weight is 317 g/mol. The number of aromatic nitrogens is 5. The van der Waals surface area contributed by atoms with Crippen LogP contribution in [0.5, 0.6) is 0 Å². The van der Waals surface area contributed by atoms with Crippen LogP contribution in [0.4, 0.5) is 5.95 Å². The lowest BCUT2D eigenvalue weighted by molar-refractivity contribution is -0.122. The largest absolute Gasteiger partial charge is 0.317 e. The number of fused-ring (bicyclic) bond motifs is 1. The highest BCUT2D eigenvalue weighted by Gasteiger charge is 2.31. The van der Waals surface area contributed by atoms with Crippen LogP contribution >= 0.6 is 0 Å². The van der Waals surface area contributed by atoms with Crippen molar-refractivity contribution in [2.24, 2.45) is 5.92 Å². The number of nitrogens with zero attached hydrogens (tertiary/aromatic N) is 6. The minimum absolute atomic E-state index is 0.0533. The number of amides is 1. The van der Waals surface area contributed by atoms with E-state index >= 15 is 0 Å². The number of imidazole rings is 1. The third-order valence-corrected chi connectivity index (χ3v) is 4.11. The highest BCUT2D eigenvalue weighted by atomic mass is 16.2. The van der Waals surface area contributed by atoms with Crippen molar-refractivity contribution >= 4 is 11.9 Å². The molecule has 2 aromatic heterocycles. The molecule has 1 atom stereocenters. The topological polar surface area (TPSA) is 80.9 Å². The van der Waals surface area contributed by atoms with Crippen LogP contribution < -0.4 is 5.32 Å². The Morgan fingerprint density at radius 1 is 1.43 bits per heavy atom. The number of anilines is 1. The zero-order valence-electron chi connectivity index (χ0n) is 14.0. The molecule has 1 N–H and O–H groups in total. The van der Waals surface area contributed by atoms with E-state index in [1.807, 2.05) is 34.2 Å². The van der Waals surface area contributed by atoms with E-state index in [9.17, 15) is 4.79 Å². The van der Waals surface area contributed by atoms with Gasteiger partial charge in [0.15, 0.2) is 0 Å². The monoisotopic (exact) mass is 317 g/mol. The van der Waals surface area contributed by atoms with Gasteiger partial charge in [-0.05, 0) is 19.9 Å². The molecule has 0 bridgehead atoms. The summed E-state index contributed by atoms with van der Waals surface area (Å²) in [5.74, 6) is 2.77. The van der Waals surface area contributed by atoms with Gasteiger partial charge >= 0.3 is 0 Å². The van der Waals surface area contributed by atoms with Gasteiger partial charge in [0, 0.05) is 18.9 Å². The maximum atomic E-state index is 12.7. The molecule has 0 aliphatic carbocycles. The molecule has 0 saturated carbocycles. The van der Waals surface area contributed by atoms with E-state index < -0.39 is 0 Å². The fraction of sp³-hybridized carbons (Fsp3) is 0.600. The second kappa shape index (κ2) is 6.11. The third-order valence-electron chi connectivity index (χ3n) is 4.11. The summed E-state index contributed by atoms with van der Waals surface area (Å²) in [6.07, 6.45) is 3.60. The van der Waals surface area contributed by atoms with Gasteiger partial charge < -0.3 is 9.13 Å². The van der Waals surface area contributed by atoms with Crippen molar-refractivity contribution in [3.8, 4) is 0 Å². The second-order valence-electron chi connectivity index (χ2n) is 6.49.